The van der Waals surface area contributed by atoms with E-state index in [0.717, 1.165) is 30.0 Å². The number of unbranched alkanes of at least 4 members (excludes halogenated alkanes) is 19. The van der Waals surface area contributed by atoms with Crippen molar-refractivity contribution >= 4 is 0 Å². The van der Waals surface area contributed by atoms with Crippen LogP contribution in [-0.2, 0) is 0 Å². The van der Waals surface area contributed by atoms with E-state index in [-0.39, 0.29) is 0 Å². The first kappa shape index (κ1) is 29.4. The quantitative estimate of drug-likeness (QED) is 0.148. The summed E-state index contributed by atoms with van der Waals surface area (Å²) in [6, 6.07) is 14.3. The van der Waals surface area contributed by atoms with E-state index in [1.165, 1.54) is 122 Å². The third-order valence-corrected chi connectivity index (χ3v) is 7.06. The molecule has 2 aromatic rings. The largest absolute Gasteiger partial charge is 0.494 e. The number of benzene rings is 1. The lowest BCUT2D eigenvalue weighted by Crippen LogP contribution is -1.97. The van der Waals surface area contributed by atoms with Crippen LogP contribution >= 0.6 is 0 Å². The van der Waals surface area contributed by atoms with Crippen LogP contribution in [0, 0.1) is 0 Å². The second kappa shape index (κ2) is 21.5. The van der Waals surface area contributed by atoms with Gasteiger partial charge in [-0.3, -0.25) is 4.98 Å². The average Bonchev–Trinajstić information content (AvgIpc) is 2.90. The molecule has 0 unspecified atom stereocenters. The highest BCUT2D eigenvalue weighted by atomic mass is 16.5. The first-order valence-electron chi connectivity index (χ1n) is 15.0. The van der Waals surface area contributed by atoms with Gasteiger partial charge in [-0.15, -0.1) is 0 Å². The van der Waals surface area contributed by atoms with Crippen molar-refractivity contribution < 1.29 is 4.74 Å². The summed E-state index contributed by atoms with van der Waals surface area (Å²) in [6.45, 7) is 3.11. The zero-order valence-corrected chi connectivity index (χ0v) is 22.8. The molecular formula is C33H53NO. The lowest BCUT2D eigenvalue weighted by Gasteiger charge is -2.08. The highest BCUT2D eigenvalue weighted by molar-refractivity contribution is 5.60. The molecule has 35 heavy (non-hydrogen) atoms. The van der Waals surface area contributed by atoms with Gasteiger partial charge in [0.05, 0.1) is 12.3 Å². The fourth-order valence-electron chi connectivity index (χ4n) is 4.83. The Morgan fingerprint density at radius 3 is 1.54 bits per heavy atom. The second-order valence-electron chi connectivity index (χ2n) is 10.3. The molecule has 0 fully saturated rings. The van der Waals surface area contributed by atoms with E-state index in [2.05, 4.69) is 30.1 Å². The third kappa shape index (κ3) is 15.7. The number of hydrogen-bond acceptors (Lipinski definition) is 2. The van der Waals surface area contributed by atoms with E-state index in [1.54, 1.807) is 0 Å². The smallest absolute Gasteiger partial charge is 0.119 e. The van der Waals surface area contributed by atoms with Gasteiger partial charge in [0.25, 0.3) is 0 Å². The summed E-state index contributed by atoms with van der Waals surface area (Å²) in [5.74, 6) is 0.950. The minimum absolute atomic E-state index is 0.810. The first-order chi connectivity index (χ1) is 17.4. The lowest BCUT2D eigenvalue weighted by atomic mass is 10.0. The molecule has 0 aliphatic carbocycles. The van der Waals surface area contributed by atoms with Gasteiger partial charge in [-0.05, 0) is 30.7 Å². The molecule has 0 aliphatic heterocycles. The van der Waals surface area contributed by atoms with Gasteiger partial charge in [-0.25, -0.2) is 0 Å². The van der Waals surface area contributed by atoms with Crippen LogP contribution < -0.4 is 4.74 Å². The number of rotatable bonds is 23. The van der Waals surface area contributed by atoms with Gasteiger partial charge in [0.15, 0.2) is 0 Å². The minimum atomic E-state index is 0.810. The molecule has 0 amide bonds. The van der Waals surface area contributed by atoms with Crippen LogP contribution in [0.5, 0.6) is 5.75 Å². The van der Waals surface area contributed by atoms with Crippen molar-refractivity contribution in [3.63, 3.8) is 0 Å². The number of aromatic nitrogens is 1. The molecule has 1 aromatic carbocycles. The highest BCUT2D eigenvalue weighted by Gasteiger charge is 2.01. The van der Waals surface area contributed by atoms with Crippen LogP contribution in [0.2, 0.25) is 0 Å². The van der Waals surface area contributed by atoms with Gasteiger partial charge in [0, 0.05) is 11.8 Å². The van der Waals surface area contributed by atoms with Crippen molar-refractivity contribution in [2.24, 2.45) is 0 Å². The van der Waals surface area contributed by atoms with Crippen molar-refractivity contribution in [1.82, 2.24) is 4.98 Å². The van der Waals surface area contributed by atoms with Crippen molar-refractivity contribution in [3.05, 3.63) is 48.7 Å². The van der Waals surface area contributed by atoms with E-state index < -0.39 is 0 Å². The zero-order valence-electron chi connectivity index (χ0n) is 22.8. The van der Waals surface area contributed by atoms with Crippen LogP contribution in [0.15, 0.2) is 48.7 Å². The number of hydrogen-bond donors (Lipinski definition) is 0. The van der Waals surface area contributed by atoms with E-state index in [9.17, 15) is 0 Å². The molecule has 0 saturated heterocycles. The summed E-state index contributed by atoms with van der Waals surface area (Å²) in [7, 11) is 0. The standard InChI is InChI=1S/C33H53NO/c1-2-3-4-5-6-7-8-9-10-11-12-13-14-15-16-17-18-19-20-23-29-35-32-26-24-25-31(30-32)33-27-21-22-28-34-33/h21-22,24-28,30H,2-20,23,29H2,1H3. The van der Waals surface area contributed by atoms with Gasteiger partial charge >= 0.3 is 0 Å². The van der Waals surface area contributed by atoms with Gasteiger partial charge in [-0.1, -0.05) is 147 Å². The van der Waals surface area contributed by atoms with E-state index in [0.29, 0.717) is 0 Å². The van der Waals surface area contributed by atoms with Gasteiger partial charge in [-0.2, -0.15) is 0 Å². The minimum Gasteiger partial charge on any atom is -0.494 e. The summed E-state index contributed by atoms with van der Waals surface area (Å²) in [4.78, 5) is 4.43. The summed E-state index contributed by atoms with van der Waals surface area (Å²) in [5, 5.41) is 0. The SMILES string of the molecule is CCCCCCCCCCCCCCCCCCCCCCOc1cccc(-c2ccccn2)c1. The van der Waals surface area contributed by atoms with E-state index in [4.69, 9.17) is 4.74 Å². The Morgan fingerprint density at radius 2 is 1.06 bits per heavy atom. The molecular weight excluding hydrogens is 426 g/mol. The molecule has 0 aliphatic rings. The number of nitrogens with zero attached hydrogens (tertiary/aromatic N) is 1. The van der Waals surface area contributed by atoms with Gasteiger partial charge in [0.2, 0.25) is 0 Å². The number of pyridine rings is 1. The molecule has 2 heteroatoms. The topological polar surface area (TPSA) is 22.1 Å². The van der Waals surface area contributed by atoms with Crippen LogP contribution in [0.25, 0.3) is 11.3 Å². The Kier molecular flexibility index (Phi) is 18.0. The second-order valence-corrected chi connectivity index (χ2v) is 10.3. The van der Waals surface area contributed by atoms with Crippen molar-refractivity contribution in [3.8, 4) is 17.0 Å². The van der Waals surface area contributed by atoms with Gasteiger partial charge < -0.3 is 4.74 Å². The fraction of sp³-hybridized carbons (Fsp3) is 0.667. The molecule has 1 heterocycles. The van der Waals surface area contributed by atoms with Crippen molar-refractivity contribution in [2.75, 3.05) is 6.61 Å². The molecule has 1 aromatic heterocycles. The Balaban J connectivity index is 1.30. The summed E-state index contributed by atoms with van der Waals surface area (Å²) < 4.78 is 5.98. The molecule has 0 atom stereocenters. The predicted molar refractivity (Wildman–Crippen MR) is 153 cm³/mol. The van der Waals surface area contributed by atoms with Crippen LogP contribution in [0.1, 0.15) is 135 Å². The maximum atomic E-state index is 5.98. The predicted octanol–water partition coefficient (Wildman–Crippen LogP) is 10.9. The molecule has 0 radical (unpaired) electrons. The lowest BCUT2D eigenvalue weighted by molar-refractivity contribution is 0.304. The molecule has 0 bridgehead atoms. The highest BCUT2D eigenvalue weighted by Crippen LogP contribution is 2.22. The van der Waals surface area contributed by atoms with E-state index in [1.807, 2.05) is 30.5 Å². The summed E-state index contributed by atoms with van der Waals surface area (Å²) in [5.41, 5.74) is 2.11. The third-order valence-electron chi connectivity index (χ3n) is 7.06. The van der Waals surface area contributed by atoms with Crippen molar-refractivity contribution in [1.29, 1.82) is 0 Å². The Hall–Kier alpha value is -1.83. The summed E-state index contributed by atoms with van der Waals surface area (Å²) in [6.07, 6.45) is 30.1. The molecule has 2 nitrogen and oxygen atoms in total. The molecule has 0 N–H and O–H groups in total. The number of ether oxygens (including phenoxy) is 1. The maximum Gasteiger partial charge on any atom is 0.119 e. The maximum absolute atomic E-state index is 5.98. The molecule has 196 valence electrons. The first-order valence-corrected chi connectivity index (χ1v) is 15.0. The Labute approximate surface area is 217 Å². The van der Waals surface area contributed by atoms with Crippen LogP contribution in [0.4, 0.5) is 0 Å². The molecule has 0 spiro atoms. The van der Waals surface area contributed by atoms with Crippen LogP contribution in [-0.4, -0.2) is 11.6 Å². The van der Waals surface area contributed by atoms with Crippen molar-refractivity contribution in [2.45, 2.75) is 135 Å². The van der Waals surface area contributed by atoms with Crippen LogP contribution in [0.3, 0.4) is 0 Å². The Bertz CT molecular complexity index is 714. The fourth-order valence-corrected chi connectivity index (χ4v) is 4.83. The average molecular weight is 480 g/mol. The van der Waals surface area contributed by atoms with E-state index >= 15 is 0 Å². The molecule has 2 rings (SSSR count). The monoisotopic (exact) mass is 479 g/mol. The normalized spacial score (nSPS) is 11.1. The Morgan fingerprint density at radius 1 is 0.543 bits per heavy atom. The van der Waals surface area contributed by atoms with Gasteiger partial charge in [0.1, 0.15) is 5.75 Å². The summed E-state index contributed by atoms with van der Waals surface area (Å²) >= 11 is 0. The molecule has 0 saturated carbocycles. The zero-order chi connectivity index (χ0) is 24.7.